The molecular formula is C20H15ClN2O2. The summed E-state index contributed by atoms with van der Waals surface area (Å²) in [7, 11) is 0. The number of carbonyl (C=O) groups is 1. The van der Waals surface area contributed by atoms with Crippen LogP contribution in [-0.4, -0.2) is 16.0 Å². The highest BCUT2D eigenvalue weighted by Gasteiger charge is 2.04. The van der Waals surface area contributed by atoms with Gasteiger partial charge in [0.15, 0.2) is 10.9 Å². The van der Waals surface area contributed by atoms with Crippen molar-refractivity contribution in [1.82, 2.24) is 10.2 Å². The first kappa shape index (κ1) is 16.9. The summed E-state index contributed by atoms with van der Waals surface area (Å²) >= 11 is 5.68. The van der Waals surface area contributed by atoms with Crippen molar-refractivity contribution < 1.29 is 9.53 Å². The van der Waals surface area contributed by atoms with E-state index < -0.39 is 0 Å². The molecule has 0 radical (unpaired) electrons. The van der Waals surface area contributed by atoms with E-state index in [1.807, 2.05) is 37.3 Å². The molecule has 0 bridgehead atoms. The second kappa shape index (κ2) is 7.73. The van der Waals surface area contributed by atoms with E-state index in [2.05, 4.69) is 10.2 Å². The maximum absolute atomic E-state index is 12.3. The summed E-state index contributed by atoms with van der Waals surface area (Å²) in [4.78, 5) is 12.3. The van der Waals surface area contributed by atoms with Crippen molar-refractivity contribution in [3.63, 3.8) is 0 Å². The Labute approximate surface area is 150 Å². The zero-order valence-corrected chi connectivity index (χ0v) is 14.3. The van der Waals surface area contributed by atoms with Crippen molar-refractivity contribution >= 4 is 23.5 Å². The first-order chi connectivity index (χ1) is 12.1. The van der Waals surface area contributed by atoms with Gasteiger partial charge in [-0.15, -0.1) is 10.2 Å². The van der Waals surface area contributed by atoms with Crippen LogP contribution in [0.3, 0.4) is 0 Å². The van der Waals surface area contributed by atoms with Crippen LogP contribution < -0.4 is 4.74 Å². The highest BCUT2D eigenvalue weighted by atomic mass is 35.5. The lowest BCUT2D eigenvalue weighted by atomic mass is 10.1. The minimum Gasteiger partial charge on any atom is -0.438 e. The van der Waals surface area contributed by atoms with E-state index >= 15 is 0 Å². The van der Waals surface area contributed by atoms with E-state index in [1.54, 1.807) is 42.5 Å². The number of rotatable bonds is 5. The molecule has 1 heterocycles. The van der Waals surface area contributed by atoms with Crippen molar-refractivity contribution in [2.75, 3.05) is 0 Å². The van der Waals surface area contributed by atoms with Crippen LogP contribution in [0.2, 0.25) is 5.15 Å². The van der Waals surface area contributed by atoms with Crippen molar-refractivity contribution in [1.29, 1.82) is 0 Å². The van der Waals surface area contributed by atoms with E-state index in [1.165, 1.54) is 0 Å². The minimum absolute atomic E-state index is 0.0684. The van der Waals surface area contributed by atoms with Gasteiger partial charge in [0.05, 0.1) is 0 Å². The predicted molar refractivity (Wildman–Crippen MR) is 98.1 cm³/mol. The fraction of sp³-hybridized carbons (Fsp3) is 0.0500. The first-order valence-corrected chi connectivity index (χ1v) is 8.05. The Morgan fingerprint density at radius 2 is 1.76 bits per heavy atom. The smallest absolute Gasteiger partial charge is 0.238 e. The number of hydrogen-bond acceptors (Lipinski definition) is 4. The monoisotopic (exact) mass is 350 g/mol. The molecule has 0 atom stereocenters. The van der Waals surface area contributed by atoms with Gasteiger partial charge in [-0.25, -0.2) is 0 Å². The molecule has 0 saturated heterocycles. The highest BCUT2D eigenvalue weighted by Crippen LogP contribution is 2.20. The van der Waals surface area contributed by atoms with Crippen LogP contribution >= 0.6 is 11.6 Å². The van der Waals surface area contributed by atoms with Gasteiger partial charge in [-0.3, -0.25) is 4.79 Å². The largest absolute Gasteiger partial charge is 0.438 e. The lowest BCUT2D eigenvalue weighted by Crippen LogP contribution is -1.95. The molecule has 1 aromatic heterocycles. The third-order valence-electron chi connectivity index (χ3n) is 3.57. The Kier molecular flexibility index (Phi) is 5.21. The molecule has 0 fully saturated rings. The van der Waals surface area contributed by atoms with Crippen molar-refractivity contribution in [3.8, 4) is 11.6 Å². The molecule has 4 nitrogen and oxygen atoms in total. The molecule has 0 spiro atoms. The Balaban J connectivity index is 1.68. The molecule has 0 aliphatic heterocycles. The average Bonchev–Trinajstić information content (AvgIpc) is 2.63. The maximum Gasteiger partial charge on any atom is 0.238 e. The number of ketones is 1. The molecule has 25 heavy (non-hydrogen) atoms. The number of nitrogens with zero attached hydrogens (tertiary/aromatic N) is 2. The molecular weight excluding hydrogens is 336 g/mol. The van der Waals surface area contributed by atoms with E-state index in [-0.39, 0.29) is 5.78 Å². The summed E-state index contributed by atoms with van der Waals surface area (Å²) in [6.45, 7) is 2.01. The van der Waals surface area contributed by atoms with Gasteiger partial charge in [-0.1, -0.05) is 41.9 Å². The highest BCUT2D eigenvalue weighted by molar-refractivity contribution is 6.29. The van der Waals surface area contributed by atoms with Gasteiger partial charge in [0, 0.05) is 11.6 Å². The number of ether oxygens (including phenoxy) is 1. The fourth-order valence-corrected chi connectivity index (χ4v) is 2.30. The number of hydrogen-bond donors (Lipinski definition) is 0. The predicted octanol–water partition coefficient (Wildman–Crippen LogP) is 5.13. The van der Waals surface area contributed by atoms with E-state index in [0.29, 0.717) is 22.3 Å². The summed E-state index contributed by atoms with van der Waals surface area (Å²) in [5, 5.41) is 7.83. The van der Waals surface area contributed by atoms with Gasteiger partial charge in [0.2, 0.25) is 5.88 Å². The molecule has 124 valence electrons. The number of aryl methyl sites for hydroxylation is 1. The van der Waals surface area contributed by atoms with E-state index in [9.17, 15) is 4.79 Å². The zero-order valence-electron chi connectivity index (χ0n) is 13.5. The third kappa shape index (κ3) is 4.52. The Hall–Kier alpha value is -2.98. The molecule has 3 aromatic rings. The van der Waals surface area contributed by atoms with Gasteiger partial charge in [0.25, 0.3) is 0 Å². The van der Waals surface area contributed by atoms with Crippen LogP contribution in [0.25, 0.3) is 6.08 Å². The lowest BCUT2D eigenvalue weighted by molar-refractivity contribution is 0.104. The van der Waals surface area contributed by atoms with E-state index in [4.69, 9.17) is 16.3 Å². The molecule has 0 unspecified atom stereocenters. The van der Waals surface area contributed by atoms with Gasteiger partial charge < -0.3 is 4.74 Å². The van der Waals surface area contributed by atoms with Crippen LogP contribution in [0.15, 0.2) is 66.7 Å². The summed E-state index contributed by atoms with van der Waals surface area (Å²) in [6.07, 6.45) is 3.40. The molecule has 0 aliphatic carbocycles. The van der Waals surface area contributed by atoms with Gasteiger partial charge in [-0.2, -0.15) is 0 Å². The fourth-order valence-electron chi connectivity index (χ4n) is 2.20. The van der Waals surface area contributed by atoms with Crippen molar-refractivity contribution in [2.24, 2.45) is 0 Å². The third-order valence-corrected chi connectivity index (χ3v) is 3.77. The van der Waals surface area contributed by atoms with Crippen LogP contribution in [0.1, 0.15) is 21.5 Å². The molecule has 3 rings (SSSR count). The summed E-state index contributed by atoms with van der Waals surface area (Å²) in [5.41, 5.74) is 2.73. The number of benzene rings is 2. The SMILES string of the molecule is Cc1ccccc1C=CC(=O)c1ccc(Oc2ccc(Cl)nn2)cc1. The Morgan fingerprint density at radius 3 is 2.44 bits per heavy atom. The lowest BCUT2D eigenvalue weighted by Gasteiger charge is -2.04. The maximum atomic E-state index is 12.3. The second-order valence-corrected chi connectivity index (χ2v) is 5.76. The molecule has 0 amide bonds. The number of carbonyl (C=O) groups excluding carboxylic acids is 1. The number of allylic oxidation sites excluding steroid dienone is 1. The minimum atomic E-state index is -0.0684. The van der Waals surface area contributed by atoms with Gasteiger partial charge >= 0.3 is 0 Å². The Bertz CT molecular complexity index is 904. The summed E-state index contributed by atoms with van der Waals surface area (Å²) in [6, 6.07) is 18.0. The van der Waals surface area contributed by atoms with Crippen LogP contribution in [0.5, 0.6) is 11.6 Å². The van der Waals surface area contributed by atoms with Crippen LogP contribution in [0, 0.1) is 6.92 Å². The number of halogens is 1. The first-order valence-electron chi connectivity index (χ1n) is 7.67. The van der Waals surface area contributed by atoms with Crippen LogP contribution in [0.4, 0.5) is 0 Å². The normalized spacial score (nSPS) is 10.8. The van der Waals surface area contributed by atoms with Gasteiger partial charge in [0.1, 0.15) is 5.75 Å². The molecule has 0 aliphatic rings. The second-order valence-electron chi connectivity index (χ2n) is 5.37. The van der Waals surface area contributed by atoms with Crippen molar-refractivity contribution in [2.45, 2.75) is 6.92 Å². The summed E-state index contributed by atoms with van der Waals surface area (Å²) in [5.74, 6) is 0.833. The zero-order chi connectivity index (χ0) is 17.6. The topological polar surface area (TPSA) is 52.1 Å². The summed E-state index contributed by atoms with van der Waals surface area (Å²) < 4.78 is 5.55. The number of aromatic nitrogens is 2. The van der Waals surface area contributed by atoms with Crippen LogP contribution in [-0.2, 0) is 0 Å². The quantitative estimate of drug-likeness (QED) is 0.473. The molecule has 2 aromatic carbocycles. The molecule has 5 heteroatoms. The molecule has 0 saturated carbocycles. The van der Waals surface area contributed by atoms with Gasteiger partial charge in [-0.05, 0) is 54.5 Å². The molecule has 0 N–H and O–H groups in total. The standard InChI is InChI=1S/C20H15ClN2O2/c1-14-4-2-3-5-15(14)8-11-18(24)16-6-9-17(10-7-16)25-20-13-12-19(21)22-23-20/h2-13H,1H3. The Morgan fingerprint density at radius 1 is 1.00 bits per heavy atom. The van der Waals surface area contributed by atoms with Crippen molar-refractivity contribution in [3.05, 3.63) is 88.6 Å². The van der Waals surface area contributed by atoms with E-state index in [0.717, 1.165) is 11.1 Å². The average molecular weight is 351 g/mol.